The summed E-state index contributed by atoms with van der Waals surface area (Å²) in [5, 5.41) is 4.72. The van der Waals surface area contributed by atoms with Crippen LogP contribution in [-0.2, 0) is 15.9 Å². The Morgan fingerprint density at radius 3 is 2.38 bits per heavy atom. The summed E-state index contributed by atoms with van der Waals surface area (Å²) in [6.07, 6.45) is 1.56. The van der Waals surface area contributed by atoms with Gasteiger partial charge in [-0.15, -0.1) is 0 Å². The van der Waals surface area contributed by atoms with E-state index in [0.29, 0.717) is 17.4 Å². The highest BCUT2D eigenvalue weighted by molar-refractivity contribution is 6.62. The molecule has 1 aliphatic heterocycles. The van der Waals surface area contributed by atoms with E-state index in [9.17, 15) is 4.39 Å². The Hall–Kier alpha value is -1.40. The van der Waals surface area contributed by atoms with Crippen molar-refractivity contribution in [3.63, 3.8) is 0 Å². The van der Waals surface area contributed by atoms with E-state index in [1.54, 1.807) is 10.9 Å². The molecular weight excluding hydrogens is 270 g/mol. The van der Waals surface area contributed by atoms with Crippen LogP contribution in [-0.4, -0.2) is 28.1 Å². The Bertz CT molecular complexity index is 680. The molecule has 0 aliphatic carbocycles. The third kappa shape index (κ3) is 2.17. The minimum Gasteiger partial charge on any atom is -0.399 e. The fourth-order valence-corrected chi connectivity index (χ4v) is 2.52. The van der Waals surface area contributed by atoms with Gasteiger partial charge in [0.1, 0.15) is 5.82 Å². The van der Waals surface area contributed by atoms with E-state index in [4.69, 9.17) is 9.31 Å². The van der Waals surface area contributed by atoms with Crippen molar-refractivity contribution in [1.82, 2.24) is 9.78 Å². The molecule has 3 rings (SSSR count). The van der Waals surface area contributed by atoms with E-state index < -0.39 is 18.3 Å². The molecule has 1 aromatic heterocycles. The van der Waals surface area contributed by atoms with Gasteiger partial charge < -0.3 is 9.31 Å². The quantitative estimate of drug-likeness (QED) is 0.797. The number of rotatable bonds is 2. The number of aryl methyl sites for hydroxylation is 1. The molecule has 21 heavy (non-hydrogen) atoms. The van der Waals surface area contributed by atoms with E-state index in [-0.39, 0.29) is 5.82 Å². The predicted octanol–water partition coefficient (Wildman–Crippen LogP) is 2.49. The summed E-state index contributed by atoms with van der Waals surface area (Å²) in [7, 11) is -0.561. The van der Waals surface area contributed by atoms with Gasteiger partial charge in [0.25, 0.3) is 0 Å². The SMILES string of the molecule is CCn1ncc2c(F)cc(B3OC(C)(C)C(C)(C)O3)cc21. The molecule has 1 fully saturated rings. The van der Waals surface area contributed by atoms with E-state index in [1.165, 1.54) is 6.07 Å². The van der Waals surface area contributed by atoms with Gasteiger partial charge in [-0.2, -0.15) is 5.10 Å². The van der Waals surface area contributed by atoms with Crippen molar-refractivity contribution in [2.45, 2.75) is 52.4 Å². The molecule has 4 nitrogen and oxygen atoms in total. The molecule has 1 aliphatic rings. The van der Waals surface area contributed by atoms with Crippen molar-refractivity contribution < 1.29 is 13.7 Å². The second-order valence-electron chi connectivity index (χ2n) is 6.48. The summed E-state index contributed by atoms with van der Waals surface area (Å²) in [6, 6.07) is 3.38. The van der Waals surface area contributed by atoms with Crippen molar-refractivity contribution >= 4 is 23.5 Å². The first-order valence-corrected chi connectivity index (χ1v) is 7.26. The normalized spacial score (nSPS) is 20.4. The monoisotopic (exact) mass is 290 g/mol. The molecule has 0 bridgehead atoms. The maximum Gasteiger partial charge on any atom is 0.495 e. The van der Waals surface area contributed by atoms with Crippen molar-refractivity contribution in [3.8, 4) is 0 Å². The van der Waals surface area contributed by atoms with Crippen LogP contribution in [0, 0.1) is 5.82 Å². The summed E-state index contributed by atoms with van der Waals surface area (Å²) in [4.78, 5) is 0. The van der Waals surface area contributed by atoms with Gasteiger partial charge in [0.15, 0.2) is 0 Å². The van der Waals surface area contributed by atoms with Crippen LogP contribution in [0.1, 0.15) is 34.6 Å². The van der Waals surface area contributed by atoms with Crippen LogP contribution in [0.15, 0.2) is 18.3 Å². The number of hydrogen-bond donors (Lipinski definition) is 0. The fourth-order valence-electron chi connectivity index (χ4n) is 2.52. The van der Waals surface area contributed by atoms with Gasteiger partial charge in [0.05, 0.1) is 28.3 Å². The second-order valence-corrected chi connectivity index (χ2v) is 6.48. The highest BCUT2D eigenvalue weighted by Gasteiger charge is 2.51. The lowest BCUT2D eigenvalue weighted by atomic mass is 9.78. The Labute approximate surface area is 124 Å². The van der Waals surface area contributed by atoms with Crippen molar-refractivity contribution in [3.05, 3.63) is 24.1 Å². The first kappa shape index (κ1) is 14.5. The molecule has 2 aromatic rings. The minimum absolute atomic E-state index is 0.295. The smallest absolute Gasteiger partial charge is 0.399 e. The Balaban J connectivity index is 2.06. The molecule has 2 heterocycles. The lowest BCUT2D eigenvalue weighted by Crippen LogP contribution is -2.41. The van der Waals surface area contributed by atoms with Crippen LogP contribution in [0.3, 0.4) is 0 Å². The first-order valence-electron chi connectivity index (χ1n) is 7.26. The molecular formula is C15H20BFN2O2. The molecule has 1 aromatic carbocycles. The van der Waals surface area contributed by atoms with Crippen LogP contribution in [0.2, 0.25) is 0 Å². The zero-order valence-corrected chi connectivity index (χ0v) is 13.1. The van der Waals surface area contributed by atoms with E-state index >= 15 is 0 Å². The lowest BCUT2D eigenvalue weighted by Gasteiger charge is -2.32. The number of halogens is 1. The first-order chi connectivity index (χ1) is 9.75. The molecule has 0 spiro atoms. The topological polar surface area (TPSA) is 36.3 Å². The second kappa shape index (κ2) is 4.55. The average Bonchev–Trinajstić information content (AvgIpc) is 2.88. The molecule has 6 heteroatoms. The van der Waals surface area contributed by atoms with Gasteiger partial charge in [-0.25, -0.2) is 4.39 Å². The van der Waals surface area contributed by atoms with Gasteiger partial charge in [-0.3, -0.25) is 4.68 Å². The van der Waals surface area contributed by atoms with Gasteiger partial charge in [0, 0.05) is 6.54 Å². The summed E-state index contributed by atoms with van der Waals surface area (Å²) in [5.41, 5.74) is 0.582. The average molecular weight is 290 g/mol. The maximum absolute atomic E-state index is 14.3. The van der Waals surface area contributed by atoms with Crippen LogP contribution in [0.25, 0.3) is 10.9 Å². The largest absolute Gasteiger partial charge is 0.495 e. The number of benzene rings is 1. The van der Waals surface area contributed by atoms with E-state index in [0.717, 1.165) is 5.52 Å². The molecule has 0 amide bonds. The van der Waals surface area contributed by atoms with Crippen molar-refractivity contribution in [2.75, 3.05) is 0 Å². The van der Waals surface area contributed by atoms with Crippen LogP contribution < -0.4 is 5.46 Å². The molecule has 0 saturated carbocycles. The van der Waals surface area contributed by atoms with Gasteiger partial charge in [-0.1, -0.05) is 0 Å². The summed E-state index contributed by atoms with van der Waals surface area (Å²) in [6.45, 7) is 10.6. The van der Waals surface area contributed by atoms with Gasteiger partial charge in [-0.05, 0) is 52.2 Å². The number of nitrogens with zero attached hydrogens (tertiary/aromatic N) is 2. The third-order valence-corrected chi connectivity index (χ3v) is 4.56. The van der Waals surface area contributed by atoms with Crippen molar-refractivity contribution in [1.29, 1.82) is 0 Å². The Kier molecular flexibility index (Phi) is 3.15. The zero-order chi connectivity index (χ0) is 15.4. The fraction of sp³-hybridized carbons (Fsp3) is 0.533. The van der Waals surface area contributed by atoms with Gasteiger partial charge >= 0.3 is 7.12 Å². The summed E-state index contributed by atoms with van der Waals surface area (Å²) >= 11 is 0. The van der Waals surface area contributed by atoms with Crippen LogP contribution >= 0.6 is 0 Å². The Morgan fingerprint density at radius 1 is 1.19 bits per heavy atom. The molecule has 0 unspecified atom stereocenters. The lowest BCUT2D eigenvalue weighted by molar-refractivity contribution is 0.00578. The summed E-state index contributed by atoms with van der Waals surface area (Å²) in [5.74, 6) is -0.295. The Morgan fingerprint density at radius 2 is 1.81 bits per heavy atom. The number of hydrogen-bond acceptors (Lipinski definition) is 3. The predicted molar refractivity (Wildman–Crippen MR) is 81.1 cm³/mol. The molecule has 112 valence electrons. The summed E-state index contributed by atoms with van der Waals surface area (Å²) < 4.78 is 28.0. The molecule has 0 N–H and O–H groups in total. The highest BCUT2D eigenvalue weighted by atomic mass is 19.1. The molecule has 1 saturated heterocycles. The molecule has 0 atom stereocenters. The third-order valence-electron chi connectivity index (χ3n) is 4.56. The minimum atomic E-state index is -0.561. The standard InChI is InChI=1S/C15H20BFN2O2/c1-6-19-13-8-10(7-12(17)11(13)9-18-19)16-20-14(2,3)15(4,5)21-16/h7-9H,6H2,1-5H3. The van der Waals surface area contributed by atoms with Crippen LogP contribution in [0.4, 0.5) is 4.39 Å². The van der Waals surface area contributed by atoms with Crippen molar-refractivity contribution in [2.24, 2.45) is 0 Å². The van der Waals surface area contributed by atoms with Crippen LogP contribution in [0.5, 0.6) is 0 Å². The maximum atomic E-state index is 14.3. The number of fused-ring (bicyclic) bond motifs is 1. The molecule has 0 radical (unpaired) electrons. The van der Waals surface area contributed by atoms with E-state index in [2.05, 4.69) is 5.10 Å². The highest BCUT2D eigenvalue weighted by Crippen LogP contribution is 2.36. The van der Waals surface area contributed by atoms with E-state index in [1.807, 2.05) is 40.7 Å². The number of aromatic nitrogens is 2. The zero-order valence-electron chi connectivity index (χ0n) is 13.1. The van der Waals surface area contributed by atoms with Gasteiger partial charge in [0.2, 0.25) is 0 Å².